The fourth-order valence-electron chi connectivity index (χ4n) is 3.45. The zero-order valence-electron chi connectivity index (χ0n) is 14.8. The molecule has 2 fully saturated rings. The zero-order chi connectivity index (χ0) is 17.9. The van der Waals surface area contributed by atoms with Gasteiger partial charge in [-0.25, -0.2) is 4.79 Å². The summed E-state index contributed by atoms with van der Waals surface area (Å²) in [4.78, 5) is 38.2. The first-order valence-electron chi connectivity index (χ1n) is 8.77. The van der Waals surface area contributed by atoms with Crippen molar-refractivity contribution in [1.29, 1.82) is 0 Å². The van der Waals surface area contributed by atoms with Crippen LogP contribution in [0, 0.1) is 5.41 Å². The van der Waals surface area contributed by atoms with Crippen LogP contribution in [0.25, 0.3) is 0 Å². The van der Waals surface area contributed by atoms with Gasteiger partial charge >= 0.3 is 6.09 Å². The van der Waals surface area contributed by atoms with Gasteiger partial charge in [0.05, 0.1) is 0 Å². The molecule has 1 aliphatic carbocycles. The average Bonchev–Trinajstić information content (AvgIpc) is 3.13. The third-order valence-corrected chi connectivity index (χ3v) is 4.82. The first-order chi connectivity index (χ1) is 11.2. The molecular formula is C17H29N3O4. The van der Waals surface area contributed by atoms with Gasteiger partial charge in [-0.3, -0.25) is 9.59 Å². The first kappa shape index (κ1) is 18.5. The SMILES string of the molecule is CC(C)(C)C(NC(=O)OC1CCCC1)C(=O)N1CCC[C@H]1C(N)=O. The van der Waals surface area contributed by atoms with Crippen molar-refractivity contribution in [3.05, 3.63) is 0 Å². The van der Waals surface area contributed by atoms with E-state index in [0.29, 0.717) is 13.0 Å². The standard InChI is InChI=1S/C17H29N3O4/c1-17(2,3)13(19-16(23)24-11-7-4-5-8-11)15(22)20-10-6-9-12(20)14(18)21/h11-13H,4-10H2,1-3H3,(H2,18,21)(H,19,23)/t12-,13?/m0/s1. The van der Waals surface area contributed by atoms with Gasteiger partial charge in [-0.05, 0) is 43.9 Å². The molecule has 0 aromatic heterocycles. The topological polar surface area (TPSA) is 102 Å². The summed E-state index contributed by atoms with van der Waals surface area (Å²) in [5, 5.41) is 2.72. The van der Waals surface area contributed by atoms with Crippen LogP contribution in [0.15, 0.2) is 0 Å². The number of amides is 3. The van der Waals surface area contributed by atoms with Crippen molar-refractivity contribution < 1.29 is 19.1 Å². The van der Waals surface area contributed by atoms with Crippen LogP contribution in [0.5, 0.6) is 0 Å². The molecule has 3 N–H and O–H groups in total. The number of rotatable bonds is 4. The van der Waals surface area contributed by atoms with Crippen LogP contribution in [0.4, 0.5) is 4.79 Å². The number of primary amides is 1. The molecule has 7 nitrogen and oxygen atoms in total. The van der Waals surface area contributed by atoms with Gasteiger partial charge in [-0.1, -0.05) is 20.8 Å². The lowest BCUT2D eigenvalue weighted by atomic mass is 9.85. The molecule has 0 spiro atoms. The van der Waals surface area contributed by atoms with E-state index in [1.807, 2.05) is 20.8 Å². The van der Waals surface area contributed by atoms with Gasteiger partial charge in [0.15, 0.2) is 0 Å². The van der Waals surface area contributed by atoms with Gasteiger partial charge in [0.2, 0.25) is 11.8 Å². The van der Waals surface area contributed by atoms with Crippen LogP contribution < -0.4 is 11.1 Å². The molecule has 1 aliphatic heterocycles. The molecule has 1 saturated carbocycles. The summed E-state index contributed by atoms with van der Waals surface area (Å²) in [6.45, 7) is 6.11. The monoisotopic (exact) mass is 339 g/mol. The Morgan fingerprint density at radius 3 is 2.29 bits per heavy atom. The number of carbonyl (C=O) groups is 3. The molecule has 24 heavy (non-hydrogen) atoms. The second kappa shape index (κ2) is 7.40. The van der Waals surface area contributed by atoms with Crippen LogP contribution in [0.1, 0.15) is 59.3 Å². The lowest BCUT2D eigenvalue weighted by Gasteiger charge is -2.35. The summed E-state index contributed by atoms with van der Waals surface area (Å²) < 4.78 is 5.41. The van der Waals surface area contributed by atoms with Gasteiger partial charge in [-0.2, -0.15) is 0 Å². The molecule has 1 saturated heterocycles. The van der Waals surface area contributed by atoms with Crippen LogP contribution >= 0.6 is 0 Å². The van der Waals surface area contributed by atoms with E-state index < -0.39 is 29.5 Å². The maximum absolute atomic E-state index is 12.9. The molecule has 1 heterocycles. The number of likely N-dealkylation sites (tertiary alicyclic amines) is 1. The number of alkyl carbamates (subject to hydrolysis) is 1. The highest BCUT2D eigenvalue weighted by molar-refractivity contribution is 5.91. The van der Waals surface area contributed by atoms with Crippen molar-refractivity contribution in [3.63, 3.8) is 0 Å². The normalized spacial score (nSPS) is 23.1. The van der Waals surface area contributed by atoms with Gasteiger partial charge in [0.25, 0.3) is 0 Å². The van der Waals surface area contributed by atoms with Crippen LogP contribution in [0.3, 0.4) is 0 Å². The van der Waals surface area contributed by atoms with Gasteiger partial charge in [-0.15, -0.1) is 0 Å². The number of ether oxygens (including phenoxy) is 1. The van der Waals surface area contributed by atoms with Crippen molar-refractivity contribution in [2.45, 2.75) is 77.5 Å². The number of nitrogens with one attached hydrogen (secondary N) is 1. The molecule has 136 valence electrons. The minimum absolute atomic E-state index is 0.0640. The Hall–Kier alpha value is -1.79. The molecule has 2 rings (SSSR count). The molecule has 0 radical (unpaired) electrons. The van der Waals surface area contributed by atoms with Crippen molar-refractivity contribution in [2.75, 3.05) is 6.54 Å². The molecule has 2 aliphatic rings. The van der Waals surface area contributed by atoms with Crippen molar-refractivity contribution in [1.82, 2.24) is 10.2 Å². The molecule has 0 bridgehead atoms. The van der Waals surface area contributed by atoms with Gasteiger partial charge in [0.1, 0.15) is 18.2 Å². The summed E-state index contributed by atoms with van der Waals surface area (Å²) in [5.74, 6) is -0.769. The van der Waals surface area contributed by atoms with Crippen molar-refractivity contribution in [3.8, 4) is 0 Å². The fraction of sp³-hybridized carbons (Fsp3) is 0.824. The Bertz CT molecular complexity index is 495. The molecule has 0 aromatic rings. The highest BCUT2D eigenvalue weighted by atomic mass is 16.6. The lowest BCUT2D eigenvalue weighted by Crippen LogP contribution is -2.57. The second-order valence-electron chi connectivity index (χ2n) is 7.85. The maximum Gasteiger partial charge on any atom is 0.408 e. The smallest absolute Gasteiger partial charge is 0.408 e. The van der Waals surface area contributed by atoms with Gasteiger partial charge < -0.3 is 20.7 Å². The Morgan fingerprint density at radius 2 is 1.75 bits per heavy atom. The van der Waals surface area contributed by atoms with E-state index in [0.717, 1.165) is 32.1 Å². The average molecular weight is 339 g/mol. The van der Waals surface area contributed by atoms with E-state index in [-0.39, 0.29) is 12.0 Å². The summed E-state index contributed by atoms with van der Waals surface area (Å²) in [6.07, 6.45) is 4.56. The quantitative estimate of drug-likeness (QED) is 0.811. The minimum Gasteiger partial charge on any atom is -0.446 e. The summed E-state index contributed by atoms with van der Waals surface area (Å²) in [7, 11) is 0. The number of nitrogens with two attached hydrogens (primary N) is 1. The third-order valence-electron chi connectivity index (χ3n) is 4.82. The Morgan fingerprint density at radius 1 is 1.12 bits per heavy atom. The van der Waals surface area contributed by atoms with E-state index in [2.05, 4.69) is 5.32 Å². The largest absolute Gasteiger partial charge is 0.446 e. The highest BCUT2D eigenvalue weighted by Gasteiger charge is 2.41. The first-order valence-corrected chi connectivity index (χ1v) is 8.77. The van der Waals surface area contributed by atoms with E-state index in [1.54, 1.807) is 0 Å². The number of carbonyl (C=O) groups excluding carboxylic acids is 3. The molecule has 2 atom stereocenters. The Balaban J connectivity index is 2.05. The predicted molar refractivity (Wildman–Crippen MR) is 89.0 cm³/mol. The molecular weight excluding hydrogens is 310 g/mol. The van der Waals surface area contributed by atoms with Crippen LogP contribution in [-0.2, 0) is 14.3 Å². The minimum atomic E-state index is -0.758. The lowest BCUT2D eigenvalue weighted by molar-refractivity contribution is -0.141. The Labute approximate surface area is 143 Å². The Kier molecular flexibility index (Phi) is 5.72. The van der Waals surface area contributed by atoms with Crippen LogP contribution in [-0.4, -0.2) is 47.5 Å². The fourth-order valence-corrected chi connectivity index (χ4v) is 3.45. The van der Waals surface area contributed by atoms with Crippen molar-refractivity contribution in [2.24, 2.45) is 11.1 Å². The number of hydrogen-bond acceptors (Lipinski definition) is 4. The third kappa shape index (κ3) is 4.39. The van der Waals surface area contributed by atoms with Gasteiger partial charge in [0, 0.05) is 6.54 Å². The molecule has 3 amide bonds. The van der Waals surface area contributed by atoms with Crippen molar-refractivity contribution >= 4 is 17.9 Å². The molecule has 1 unspecified atom stereocenters. The number of nitrogens with zero attached hydrogens (tertiary/aromatic N) is 1. The van der Waals surface area contributed by atoms with E-state index in [9.17, 15) is 14.4 Å². The van der Waals surface area contributed by atoms with Crippen LogP contribution in [0.2, 0.25) is 0 Å². The predicted octanol–water partition coefficient (Wildman–Crippen LogP) is 1.55. The number of hydrogen-bond donors (Lipinski definition) is 2. The van der Waals surface area contributed by atoms with E-state index in [4.69, 9.17) is 10.5 Å². The second-order valence-corrected chi connectivity index (χ2v) is 7.85. The molecule has 0 aromatic carbocycles. The highest BCUT2D eigenvalue weighted by Crippen LogP contribution is 2.26. The summed E-state index contributed by atoms with van der Waals surface area (Å²) in [5.41, 5.74) is 4.90. The summed E-state index contributed by atoms with van der Waals surface area (Å²) >= 11 is 0. The summed E-state index contributed by atoms with van der Waals surface area (Å²) in [6, 6.07) is -1.35. The van der Waals surface area contributed by atoms with E-state index >= 15 is 0 Å². The molecule has 7 heteroatoms. The zero-order valence-corrected chi connectivity index (χ0v) is 14.8. The van der Waals surface area contributed by atoms with E-state index in [1.165, 1.54) is 4.90 Å². The maximum atomic E-state index is 12.9.